The molecule has 0 amide bonds. The number of hydrogen-bond acceptors (Lipinski definition) is 4. The maximum atomic E-state index is 10.6. The molecule has 0 spiro atoms. The molecule has 1 rings (SSSR count). The molecule has 1 aliphatic rings. The van der Waals surface area contributed by atoms with E-state index in [4.69, 9.17) is 9.84 Å². The van der Waals surface area contributed by atoms with Crippen molar-refractivity contribution >= 4 is 5.97 Å². The maximum absolute atomic E-state index is 10.6. The Morgan fingerprint density at radius 1 is 1.62 bits per heavy atom. The minimum Gasteiger partial charge on any atom is -0.480 e. The fraction of sp³-hybridized carbons (Fsp3) is 0.875. The third-order valence-electron chi connectivity index (χ3n) is 1.97. The van der Waals surface area contributed by atoms with Crippen LogP contribution in [-0.2, 0) is 9.53 Å². The van der Waals surface area contributed by atoms with Gasteiger partial charge in [-0.25, -0.2) is 0 Å². The van der Waals surface area contributed by atoms with Gasteiger partial charge in [-0.05, 0) is 13.8 Å². The van der Waals surface area contributed by atoms with Crippen molar-refractivity contribution < 1.29 is 19.7 Å². The average molecular weight is 189 g/mol. The fourth-order valence-electron chi connectivity index (χ4n) is 1.41. The SMILES string of the molecule is CC(C)O[C@@H]1CN[C@H](C(=O)O)[C@@H]1O. The molecule has 76 valence electrons. The molecule has 13 heavy (non-hydrogen) atoms. The summed E-state index contributed by atoms with van der Waals surface area (Å²) in [7, 11) is 0. The van der Waals surface area contributed by atoms with Gasteiger partial charge < -0.3 is 14.9 Å². The molecule has 0 unspecified atom stereocenters. The van der Waals surface area contributed by atoms with Crippen molar-refractivity contribution in [2.45, 2.75) is 38.2 Å². The van der Waals surface area contributed by atoms with Crippen molar-refractivity contribution in [2.24, 2.45) is 0 Å². The summed E-state index contributed by atoms with van der Waals surface area (Å²) in [5, 5.41) is 20.8. The molecule has 0 saturated carbocycles. The van der Waals surface area contributed by atoms with Crippen molar-refractivity contribution in [1.82, 2.24) is 5.32 Å². The largest absolute Gasteiger partial charge is 0.480 e. The van der Waals surface area contributed by atoms with Crippen LogP contribution in [0.25, 0.3) is 0 Å². The second-order valence-electron chi connectivity index (χ2n) is 3.44. The highest BCUT2D eigenvalue weighted by atomic mass is 16.5. The molecule has 1 saturated heterocycles. The molecule has 5 heteroatoms. The lowest BCUT2D eigenvalue weighted by Crippen LogP contribution is -2.40. The van der Waals surface area contributed by atoms with Crippen LogP contribution in [0, 0.1) is 0 Å². The summed E-state index contributed by atoms with van der Waals surface area (Å²) in [5.41, 5.74) is 0. The van der Waals surface area contributed by atoms with Gasteiger partial charge in [-0.1, -0.05) is 0 Å². The summed E-state index contributed by atoms with van der Waals surface area (Å²) in [6, 6.07) is -0.899. The number of ether oxygens (including phenoxy) is 1. The van der Waals surface area contributed by atoms with E-state index in [1.54, 1.807) is 0 Å². The molecule has 1 aliphatic heterocycles. The minimum absolute atomic E-state index is 0.00556. The van der Waals surface area contributed by atoms with Gasteiger partial charge in [0.25, 0.3) is 0 Å². The zero-order chi connectivity index (χ0) is 10.0. The Labute approximate surface area is 76.7 Å². The molecule has 0 aromatic carbocycles. The predicted octanol–water partition coefficient (Wildman–Crippen LogP) is -0.803. The number of aliphatic hydroxyl groups excluding tert-OH is 1. The van der Waals surface area contributed by atoms with Crippen LogP contribution < -0.4 is 5.32 Å². The number of nitrogens with one attached hydrogen (secondary N) is 1. The van der Waals surface area contributed by atoms with E-state index in [9.17, 15) is 9.90 Å². The quantitative estimate of drug-likeness (QED) is 0.541. The van der Waals surface area contributed by atoms with Crippen molar-refractivity contribution in [3.8, 4) is 0 Å². The van der Waals surface area contributed by atoms with E-state index in [0.717, 1.165) is 0 Å². The summed E-state index contributed by atoms with van der Waals surface area (Å²) in [4.78, 5) is 10.6. The first-order valence-corrected chi connectivity index (χ1v) is 4.32. The van der Waals surface area contributed by atoms with Gasteiger partial charge in [-0.3, -0.25) is 10.1 Å². The molecular formula is C8H15NO4. The zero-order valence-corrected chi connectivity index (χ0v) is 7.73. The molecule has 1 fully saturated rings. The standard InChI is InChI=1S/C8H15NO4/c1-4(2)13-5-3-9-6(7(5)10)8(11)12/h4-7,9-10H,3H2,1-2H3,(H,11,12)/t5-,6+,7-/m1/s1. The van der Waals surface area contributed by atoms with Crippen LogP contribution in [0.1, 0.15) is 13.8 Å². The summed E-state index contributed by atoms with van der Waals surface area (Å²) >= 11 is 0. The number of carboxylic acid groups (broad SMARTS) is 1. The first-order valence-electron chi connectivity index (χ1n) is 4.32. The van der Waals surface area contributed by atoms with Gasteiger partial charge in [-0.15, -0.1) is 0 Å². The van der Waals surface area contributed by atoms with Crippen molar-refractivity contribution in [3.63, 3.8) is 0 Å². The van der Waals surface area contributed by atoms with Gasteiger partial charge in [0.05, 0.1) is 12.2 Å². The Morgan fingerprint density at radius 2 is 2.23 bits per heavy atom. The van der Waals surface area contributed by atoms with E-state index in [2.05, 4.69) is 5.32 Å². The number of hydrogen-bond donors (Lipinski definition) is 3. The topological polar surface area (TPSA) is 78.8 Å². The molecule has 0 bridgehead atoms. The van der Waals surface area contributed by atoms with E-state index >= 15 is 0 Å². The maximum Gasteiger partial charge on any atom is 0.323 e. The number of carbonyl (C=O) groups is 1. The third kappa shape index (κ3) is 2.40. The van der Waals surface area contributed by atoms with Crippen LogP contribution in [-0.4, -0.2) is 47.1 Å². The van der Waals surface area contributed by atoms with E-state index < -0.39 is 24.2 Å². The molecule has 0 aromatic rings. The second-order valence-corrected chi connectivity index (χ2v) is 3.44. The van der Waals surface area contributed by atoms with Crippen molar-refractivity contribution in [1.29, 1.82) is 0 Å². The van der Waals surface area contributed by atoms with E-state index in [1.807, 2.05) is 13.8 Å². The van der Waals surface area contributed by atoms with Crippen LogP contribution in [0.3, 0.4) is 0 Å². The predicted molar refractivity (Wildman–Crippen MR) is 45.4 cm³/mol. The lowest BCUT2D eigenvalue weighted by molar-refractivity contribution is -0.143. The molecule has 0 aromatic heterocycles. The van der Waals surface area contributed by atoms with Crippen LogP contribution in [0.15, 0.2) is 0 Å². The van der Waals surface area contributed by atoms with E-state index in [-0.39, 0.29) is 6.10 Å². The zero-order valence-electron chi connectivity index (χ0n) is 7.73. The number of aliphatic carboxylic acids is 1. The highest BCUT2D eigenvalue weighted by Gasteiger charge is 2.39. The van der Waals surface area contributed by atoms with Crippen LogP contribution in [0.4, 0.5) is 0 Å². The smallest absolute Gasteiger partial charge is 0.323 e. The van der Waals surface area contributed by atoms with Gasteiger partial charge in [0.1, 0.15) is 12.1 Å². The number of aliphatic hydroxyl groups is 1. The number of rotatable bonds is 3. The highest BCUT2D eigenvalue weighted by molar-refractivity contribution is 5.74. The normalized spacial score (nSPS) is 34.0. The Hall–Kier alpha value is -0.650. The van der Waals surface area contributed by atoms with Gasteiger partial charge in [0.2, 0.25) is 0 Å². The molecule has 1 heterocycles. The third-order valence-corrected chi connectivity index (χ3v) is 1.97. The van der Waals surface area contributed by atoms with E-state index in [0.29, 0.717) is 6.54 Å². The van der Waals surface area contributed by atoms with Crippen molar-refractivity contribution in [3.05, 3.63) is 0 Å². The van der Waals surface area contributed by atoms with E-state index in [1.165, 1.54) is 0 Å². The van der Waals surface area contributed by atoms with Gasteiger partial charge in [0, 0.05) is 6.54 Å². The summed E-state index contributed by atoms with van der Waals surface area (Å²) in [6.45, 7) is 4.08. The first kappa shape index (κ1) is 10.4. The second kappa shape index (κ2) is 4.04. The summed E-state index contributed by atoms with van der Waals surface area (Å²) < 4.78 is 5.33. The van der Waals surface area contributed by atoms with Crippen LogP contribution >= 0.6 is 0 Å². The lowest BCUT2D eigenvalue weighted by atomic mass is 10.1. The first-order chi connectivity index (χ1) is 6.02. The minimum atomic E-state index is -1.04. The summed E-state index contributed by atoms with van der Waals surface area (Å²) in [5.74, 6) is -1.04. The Kier molecular flexibility index (Phi) is 3.24. The molecule has 3 atom stereocenters. The highest BCUT2D eigenvalue weighted by Crippen LogP contribution is 2.13. The Bertz CT molecular complexity index is 195. The molecular weight excluding hydrogens is 174 g/mol. The van der Waals surface area contributed by atoms with Crippen LogP contribution in [0.2, 0.25) is 0 Å². The van der Waals surface area contributed by atoms with Gasteiger partial charge >= 0.3 is 5.97 Å². The Morgan fingerprint density at radius 3 is 2.62 bits per heavy atom. The Balaban J connectivity index is 2.50. The average Bonchev–Trinajstić information content (AvgIpc) is 2.32. The fourth-order valence-corrected chi connectivity index (χ4v) is 1.41. The molecule has 0 radical (unpaired) electrons. The molecule has 3 N–H and O–H groups in total. The van der Waals surface area contributed by atoms with Gasteiger partial charge in [0.15, 0.2) is 0 Å². The number of carboxylic acids is 1. The van der Waals surface area contributed by atoms with Gasteiger partial charge in [-0.2, -0.15) is 0 Å². The lowest BCUT2D eigenvalue weighted by Gasteiger charge is -2.18. The molecule has 5 nitrogen and oxygen atoms in total. The monoisotopic (exact) mass is 189 g/mol. The summed E-state index contributed by atoms with van der Waals surface area (Å²) in [6.07, 6.45) is -1.38. The van der Waals surface area contributed by atoms with Crippen molar-refractivity contribution in [2.75, 3.05) is 6.54 Å². The van der Waals surface area contributed by atoms with Crippen LogP contribution in [0.5, 0.6) is 0 Å². The molecule has 0 aliphatic carbocycles.